The molecule has 5 rings (SSSR count). The minimum atomic E-state index is -0.394. The molecule has 0 atom stereocenters. The number of nitrogens with one attached hydrogen (secondary N) is 2. The van der Waals surface area contributed by atoms with Crippen LogP contribution in [0.5, 0.6) is 0 Å². The minimum absolute atomic E-state index is 0.0666. The number of aromatic nitrogens is 5. The number of nitrogens with zero attached hydrogens (tertiary/aromatic N) is 7. The van der Waals surface area contributed by atoms with Crippen LogP contribution in [0.3, 0.4) is 0 Å². The molecule has 218 valence electrons. The highest BCUT2D eigenvalue weighted by atomic mass is 16.5. The summed E-state index contributed by atoms with van der Waals surface area (Å²) in [5.74, 6) is 0.489. The van der Waals surface area contributed by atoms with Crippen LogP contribution in [0, 0.1) is 0 Å². The number of aryl methyl sites for hydroxylation is 1. The monoisotopic (exact) mass is 569 g/mol. The summed E-state index contributed by atoms with van der Waals surface area (Å²) in [6.07, 6.45) is 2.78. The second kappa shape index (κ2) is 12.9. The molecule has 1 aliphatic heterocycles. The molecule has 0 fully saturated rings. The van der Waals surface area contributed by atoms with Crippen molar-refractivity contribution in [3.8, 4) is 11.4 Å². The third kappa shape index (κ3) is 6.61. The summed E-state index contributed by atoms with van der Waals surface area (Å²) in [4.78, 5) is 38.6. The Hall–Kier alpha value is -4.68. The number of carbonyl (C=O) groups is 2. The van der Waals surface area contributed by atoms with Crippen LogP contribution in [0.2, 0.25) is 0 Å². The molecule has 0 unspecified atom stereocenters. The van der Waals surface area contributed by atoms with Crippen LogP contribution in [0.1, 0.15) is 29.4 Å². The van der Waals surface area contributed by atoms with Crippen LogP contribution in [0.15, 0.2) is 54.6 Å². The van der Waals surface area contributed by atoms with E-state index < -0.39 is 6.03 Å². The lowest BCUT2D eigenvalue weighted by Crippen LogP contribution is -2.33. The maximum Gasteiger partial charge on any atom is 0.323 e. The molecule has 4 aromatic rings. The fourth-order valence-electron chi connectivity index (χ4n) is 4.53. The van der Waals surface area contributed by atoms with Crippen molar-refractivity contribution in [2.75, 3.05) is 58.1 Å². The number of rotatable bonds is 9. The van der Waals surface area contributed by atoms with Crippen molar-refractivity contribution in [2.24, 2.45) is 0 Å². The highest BCUT2D eigenvalue weighted by molar-refractivity contribution is 6.00. The van der Waals surface area contributed by atoms with Gasteiger partial charge in [-0.1, -0.05) is 11.3 Å². The predicted molar refractivity (Wildman–Crippen MR) is 162 cm³/mol. The molecule has 0 radical (unpaired) electrons. The van der Waals surface area contributed by atoms with E-state index in [1.54, 1.807) is 53.0 Å². The Bertz CT molecular complexity index is 1600. The number of likely N-dealkylation sites (N-methyl/N-ethyl adjacent to an activating group) is 2. The van der Waals surface area contributed by atoms with Crippen LogP contribution < -0.4 is 10.6 Å². The molecule has 2 N–H and O–H groups in total. The van der Waals surface area contributed by atoms with Crippen LogP contribution in [-0.2, 0) is 11.3 Å². The first-order valence-corrected chi connectivity index (χ1v) is 13.9. The highest BCUT2D eigenvalue weighted by Gasteiger charge is 2.19. The Morgan fingerprint density at radius 1 is 0.952 bits per heavy atom. The Labute approximate surface area is 244 Å². The summed E-state index contributed by atoms with van der Waals surface area (Å²) in [7, 11) is 5.72. The van der Waals surface area contributed by atoms with Gasteiger partial charge in [-0.2, -0.15) is 0 Å². The number of benzene rings is 2. The number of hydrogen-bond donors (Lipinski definition) is 2. The quantitative estimate of drug-likeness (QED) is 0.310. The van der Waals surface area contributed by atoms with E-state index in [-0.39, 0.29) is 5.91 Å². The first-order valence-electron chi connectivity index (χ1n) is 13.9. The van der Waals surface area contributed by atoms with E-state index >= 15 is 0 Å². The van der Waals surface area contributed by atoms with Gasteiger partial charge in [0.15, 0.2) is 17.0 Å². The Morgan fingerprint density at radius 2 is 1.64 bits per heavy atom. The lowest BCUT2D eigenvalue weighted by atomic mass is 10.1. The van der Waals surface area contributed by atoms with Gasteiger partial charge >= 0.3 is 6.03 Å². The SMILES string of the molecule is CCn1nnc2c(C3=CCOCC3)nc(-c3ccc(NC(=O)Nc4ccc(C(=O)N(C)CCN(C)C)cc4)cc3)nc21. The molecule has 3 heterocycles. The summed E-state index contributed by atoms with van der Waals surface area (Å²) >= 11 is 0. The van der Waals surface area contributed by atoms with Crippen molar-refractivity contribution in [3.05, 3.63) is 65.9 Å². The normalized spacial score (nSPS) is 13.2. The van der Waals surface area contributed by atoms with Crippen molar-refractivity contribution in [2.45, 2.75) is 19.9 Å². The van der Waals surface area contributed by atoms with Crippen LogP contribution in [-0.4, -0.2) is 94.1 Å². The molecule has 0 saturated carbocycles. The van der Waals surface area contributed by atoms with Crippen LogP contribution >= 0.6 is 0 Å². The molecule has 12 nitrogen and oxygen atoms in total. The Kier molecular flexibility index (Phi) is 8.84. The van der Waals surface area contributed by atoms with Gasteiger partial charge in [0.25, 0.3) is 5.91 Å². The first kappa shape index (κ1) is 28.8. The molecule has 2 aromatic heterocycles. The van der Waals surface area contributed by atoms with Gasteiger partial charge in [0.2, 0.25) is 0 Å². The van der Waals surface area contributed by atoms with Gasteiger partial charge in [0.05, 0.1) is 13.2 Å². The number of hydrogen-bond acceptors (Lipinski definition) is 8. The minimum Gasteiger partial charge on any atom is -0.377 e. The van der Waals surface area contributed by atoms with Gasteiger partial charge in [-0.05, 0) is 81.5 Å². The van der Waals surface area contributed by atoms with E-state index in [9.17, 15) is 9.59 Å². The maximum absolute atomic E-state index is 12.7. The van der Waals surface area contributed by atoms with Crippen molar-refractivity contribution < 1.29 is 14.3 Å². The lowest BCUT2D eigenvalue weighted by Gasteiger charge is -2.19. The van der Waals surface area contributed by atoms with Gasteiger partial charge < -0.3 is 25.2 Å². The smallest absolute Gasteiger partial charge is 0.323 e. The molecule has 42 heavy (non-hydrogen) atoms. The molecule has 3 amide bonds. The van der Waals surface area contributed by atoms with Gasteiger partial charge in [-0.15, -0.1) is 5.10 Å². The first-order chi connectivity index (χ1) is 20.3. The van der Waals surface area contributed by atoms with E-state index in [1.807, 2.05) is 44.1 Å². The topological polar surface area (TPSA) is 130 Å². The Balaban J connectivity index is 1.26. The molecule has 0 saturated heterocycles. The second-order valence-corrected chi connectivity index (χ2v) is 10.3. The molecule has 1 aliphatic rings. The predicted octanol–water partition coefficient (Wildman–Crippen LogP) is 3.99. The molecule has 0 spiro atoms. The second-order valence-electron chi connectivity index (χ2n) is 10.3. The van der Waals surface area contributed by atoms with E-state index in [4.69, 9.17) is 14.7 Å². The van der Waals surface area contributed by atoms with Crippen LogP contribution in [0.4, 0.5) is 16.2 Å². The van der Waals surface area contributed by atoms with Crippen LogP contribution in [0.25, 0.3) is 28.1 Å². The van der Waals surface area contributed by atoms with Gasteiger partial charge in [0, 0.05) is 49.2 Å². The standard InChI is InChI=1S/C30H35N9O3/c1-5-39-28-26(35-36-39)25(20-14-18-42-19-15-20)33-27(34-28)21-6-10-23(11-7-21)31-30(41)32-24-12-8-22(9-13-24)29(40)38(4)17-16-37(2)3/h6-14H,5,15-19H2,1-4H3,(H2,31,32,41). The van der Waals surface area contributed by atoms with Crippen molar-refractivity contribution >= 4 is 40.1 Å². The third-order valence-corrected chi connectivity index (χ3v) is 6.95. The van der Waals surface area contributed by atoms with Gasteiger partial charge in [0.1, 0.15) is 5.69 Å². The summed E-state index contributed by atoms with van der Waals surface area (Å²) in [6.45, 7) is 5.21. The van der Waals surface area contributed by atoms with E-state index in [0.717, 1.165) is 29.8 Å². The van der Waals surface area contributed by atoms with Gasteiger partial charge in [-0.3, -0.25) is 4.79 Å². The Morgan fingerprint density at radius 3 is 2.26 bits per heavy atom. The van der Waals surface area contributed by atoms with Crippen molar-refractivity contribution in [3.63, 3.8) is 0 Å². The van der Waals surface area contributed by atoms with Crippen molar-refractivity contribution in [1.82, 2.24) is 34.8 Å². The third-order valence-electron chi connectivity index (χ3n) is 6.95. The zero-order chi connectivity index (χ0) is 29.6. The maximum atomic E-state index is 12.7. The van der Waals surface area contributed by atoms with Crippen molar-refractivity contribution in [1.29, 1.82) is 0 Å². The highest BCUT2D eigenvalue weighted by Crippen LogP contribution is 2.28. The number of carbonyl (C=O) groups excluding carboxylic acids is 2. The summed E-state index contributed by atoms with van der Waals surface area (Å²) in [5, 5.41) is 14.2. The molecule has 12 heteroatoms. The fraction of sp³-hybridized carbons (Fsp3) is 0.333. The number of fused-ring (bicyclic) bond motifs is 1. The molecule has 0 aliphatic carbocycles. The average molecular weight is 570 g/mol. The summed E-state index contributed by atoms with van der Waals surface area (Å²) in [6, 6.07) is 13.8. The largest absolute Gasteiger partial charge is 0.377 e. The molecule has 2 aromatic carbocycles. The molecular formula is C30H35N9O3. The summed E-state index contributed by atoms with van der Waals surface area (Å²) < 4.78 is 7.24. The number of ether oxygens (including phenoxy) is 1. The zero-order valence-electron chi connectivity index (χ0n) is 24.3. The number of anilines is 2. The molecular weight excluding hydrogens is 534 g/mol. The fourth-order valence-corrected chi connectivity index (χ4v) is 4.53. The van der Waals surface area contributed by atoms with E-state index in [2.05, 4.69) is 20.9 Å². The van der Waals surface area contributed by atoms with Gasteiger partial charge in [-0.25, -0.2) is 19.4 Å². The molecule has 0 bridgehead atoms. The lowest BCUT2D eigenvalue weighted by molar-refractivity contribution is 0.0786. The zero-order valence-corrected chi connectivity index (χ0v) is 24.3. The average Bonchev–Trinajstić information content (AvgIpc) is 3.43. The van der Waals surface area contributed by atoms with E-state index in [0.29, 0.717) is 60.2 Å². The summed E-state index contributed by atoms with van der Waals surface area (Å²) in [5.41, 5.74) is 5.75. The van der Waals surface area contributed by atoms with E-state index in [1.165, 1.54) is 0 Å². The number of amides is 3. The number of urea groups is 1.